The average Bonchev–Trinajstić information content (AvgIpc) is 3.71. The van der Waals surface area contributed by atoms with Gasteiger partial charge in [0.2, 0.25) is 0 Å². The third kappa shape index (κ3) is 4.44. The van der Waals surface area contributed by atoms with Gasteiger partial charge in [-0.05, 0) is 83.2 Å². The maximum absolute atomic E-state index is 6.22. The van der Waals surface area contributed by atoms with Gasteiger partial charge in [0.15, 0.2) is 0 Å². The molecule has 2 aromatic heterocycles. The summed E-state index contributed by atoms with van der Waals surface area (Å²) in [6, 6.07) is 65.1. The Morgan fingerprint density at radius 2 is 1.00 bits per heavy atom. The third-order valence-corrected chi connectivity index (χ3v) is 9.77. The van der Waals surface area contributed by atoms with Crippen LogP contribution in [0.5, 0.6) is 0 Å². The molecular formula is C46H30N2O. The van der Waals surface area contributed by atoms with Gasteiger partial charge in [-0.3, -0.25) is 0 Å². The highest BCUT2D eigenvalue weighted by Crippen LogP contribution is 2.41. The Bertz CT molecular complexity index is 2780. The topological polar surface area (TPSA) is 21.3 Å². The van der Waals surface area contributed by atoms with E-state index in [1.54, 1.807) is 0 Å². The first-order valence-electron chi connectivity index (χ1n) is 16.7. The zero-order valence-electron chi connectivity index (χ0n) is 26.6. The summed E-state index contributed by atoms with van der Waals surface area (Å²) < 4.78 is 8.60. The van der Waals surface area contributed by atoms with Crippen molar-refractivity contribution in [2.75, 3.05) is 4.90 Å². The molecular weight excluding hydrogens is 597 g/mol. The van der Waals surface area contributed by atoms with Crippen molar-refractivity contribution in [3.05, 3.63) is 182 Å². The van der Waals surface area contributed by atoms with Crippen LogP contribution in [0.4, 0.5) is 17.1 Å². The molecule has 0 aliphatic carbocycles. The van der Waals surface area contributed by atoms with Crippen LogP contribution in [-0.2, 0) is 0 Å². The summed E-state index contributed by atoms with van der Waals surface area (Å²) in [5.74, 6) is 0. The van der Waals surface area contributed by atoms with Gasteiger partial charge in [0.1, 0.15) is 11.2 Å². The lowest BCUT2D eigenvalue weighted by Gasteiger charge is -2.27. The maximum atomic E-state index is 6.22. The van der Waals surface area contributed by atoms with Crippen LogP contribution in [0.25, 0.3) is 71.3 Å². The summed E-state index contributed by atoms with van der Waals surface area (Å²) >= 11 is 0. The van der Waals surface area contributed by atoms with Crippen LogP contribution >= 0.6 is 0 Å². The Morgan fingerprint density at radius 3 is 1.80 bits per heavy atom. The second kappa shape index (κ2) is 11.0. The monoisotopic (exact) mass is 626 g/mol. The molecule has 230 valence electrons. The molecule has 0 saturated heterocycles. The molecule has 10 aromatic rings. The Labute approximate surface area is 283 Å². The van der Waals surface area contributed by atoms with Crippen molar-refractivity contribution in [1.29, 1.82) is 0 Å². The molecule has 0 radical (unpaired) electrons. The lowest BCUT2D eigenvalue weighted by atomic mass is 10.0. The Kier molecular flexibility index (Phi) is 6.18. The Hall–Kier alpha value is -6.58. The standard InChI is InChI=1S/C46H30N2O/c1-2-15-37-32(11-1)12-9-21-42(37)47(34-26-23-31(24-27-34)33-25-28-41-40-18-5-8-22-45(40)49-46(41)29-33)35-13-10-14-36(30-35)48-43-19-6-3-16-38(43)39-17-4-7-20-44(39)48/h1-30H. The normalized spacial score (nSPS) is 11.7. The molecule has 3 nitrogen and oxygen atoms in total. The van der Waals surface area contributed by atoms with Crippen molar-refractivity contribution in [2.45, 2.75) is 0 Å². The SMILES string of the molecule is c1cc(N(c2ccc(-c3ccc4c(c3)oc3ccccc34)cc2)c2cccc3ccccc23)cc(-n2c3ccccc3c3ccccc32)c1. The van der Waals surface area contributed by atoms with Crippen LogP contribution in [0.15, 0.2) is 186 Å². The van der Waals surface area contributed by atoms with E-state index in [-0.39, 0.29) is 0 Å². The number of hydrogen-bond donors (Lipinski definition) is 0. The molecule has 49 heavy (non-hydrogen) atoms. The van der Waals surface area contributed by atoms with Gasteiger partial charge in [-0.25, -0.2) is 0 Å². The predicted octanol–water partition coefficient (Wildman–Crippen LogP) is 13.0. The van der Waals surface area contributed by atoms with Crippen molar-refractivity contribution < 1.29 is 4.42 Å². The Morgan fingerprint density at radius 1 is 0.388 bits per heavy atom. The van der Waals surface area contributed by atoms with Crippen molar-refractivity contribution >= 4 is 71.6 Å². The highest BCUT2D eigenvalue weighted by Gasteiger charge is 2.18. The number of furan rings is 1. The van der Waals surface area contributed by atoms with Gasteiger partial charge in [0, 0.05) is 44.0 Å². The number of benzene rings is 8. The summed E-state index contributed by atoms with van der Waals surface area (Å²) in [5.41, 5.74) is 10.9. The average molecular weight is 627 g/mol. The fourth-order valence-corrected chi connectivity index (χ4v) is 7.51. The zero-order valence-corrected chi connectivity index (χ0v) is 26.6. The minimum atomic E-state index is 0.905. The summed E-state index contributed by atoms with van der Waals surface area (Å²) in [6.07, 6.45) is 0. The summed E-state index contributed by atoms with van der Waals surface area (Å²) in [7, 11) is 0. The summed E-state index contributed by atoms with van der Waals surface area (Å²) in [6.45, 7) is 0. The van der Waals surface area contributed by atoms with E-state index < -0.39 is 0 Å². The fraction of sp³-hybridized carbons (Fsp3) is 0. The van der Waals surface area contributed by atoms with Crippen LogP contribution < -0.4 is 4.90 Å². The minimum Gasteiger partial charge on any atom is -0.456 e. The molecule has 0 aliphatic heterocycles. The van der Waals surface area contributed by atoms with Crippen molar-refractivity contribution in [2.24, 2.45) is 0 Å². The van der Waals surface area contributed by atoms with Gasteiger partial charge in [-0.2, -0.15) is 0 Å². The van der Waals surface area contributed by atoms with E-state index in [1.807, 2.05) is 12.1 Å². The molecule has 0 unspecified atom stereocenters. The minimum absolute atomic E-state index is 0.905. The van der Waals surface area contributed by atoms with Crippen LogP contribution in [0.3, 0.4) is 0 Å². The Balaban J connectivity index is 1.13. The van der Waals surface area contributed by atoms with Crippen molar-refractivity contribution in [1.82, 2.24) is 4.57 Å². The highest BCUT2D eigenvalue weighted by molar-refractivity contribution is 6.09. The third-order valence-electron chi connectivity index (χ3n) is 9.77. The van der Waals surface area contributed by atoms with Gasteiger partial charge >= 0.3 is 0 Å². The molecule has 0 fully saturated rings. The number of anilines is 3. The quantitative estimate of drug-likeness (QED) is 0.190. The molecule has 2 heterocycles. The fourth-order valence-electron chi connectivity index (χ4n) is 7.51. The van der Waals surface area contributed by atoms with Gasteiger partial charge in [-0.15, -0.1) is 0 Å². The van der Waals surface area contributed by atoms with E-state index in [9.17, 15) is 0 Å². The van der Waals surface area contributed by atoms with Crippen molar-refractivity contribution in [3.63, 3.8) is 0 Å². The number of aromatic nitrogens is 1. The summed E-state index contributed by atoms with van der Waals surface area (Å²) in [5, 5.41) is 7.21. The van der Waals surface area contributed by atoms with E-state index in [1.165, 1.54) is 32.6 Å². The number of para-hydroxylation sites is 3. The second-order valence-corrected chi connectivity index (χ2v) is 12.6. The highest BCUT2D eigenvalue weighted by atomic mass is 16.3. The first kappa shape index (κ1) is 27.5. The maximum Gasteiger partial charge on any atom is 0.136 e. The molecule has 0 N–H and O–H groups in total. The lowest BCUT2D eigenvalue weighted by molar-refractivity contribution is 0.669. The van der Waals surface area contributed by atoms with Gasteiger partial charge in [-0.1, -0.05) is 115 Å². The van der Waals surface area contributed by atoms with Crippen LogP contribution in [0.2, 0.25) is 0 Å². The smallest absolute Gasteiger partial charge is 0.136 e. The van der Waals surface area contributed by atoms with E-state index in [2.05, 4.69) is 179 Å². The van der Waals surface area contributed by atoms with E-state index in [4.69, 9.17) is 4.42 Å². The number of fused-ring (bicyclic) bond motifs is 7. The van der Waals surface area contributed by atoms with Gasteiger partial charge in [0.25, 0.3) is 0 Å². The molecule has 3 heteroatoms. The van der Waals surface area contributed by atoms with Gasteiger partial charge < -0.3 is 13.9 Å². The molecule has 10 rings (SSSR count). The number of rotatable bonds is 5. The second-order valence-electron chi connectivity index (χ2n) is 12.6. The van der Waals surface area contributed by atoms with Crippen molar-refractivity contribution in [3.8, 4) is 16.8 Å². The lowest BCUT2D eigenvalue weighted by Crippen LogP contribution is -2.11. The van der Waals surface area contributed by atoms with Crippen LogP contribution in [0.1, 0.15) is 0 Å². The largest absolute Gasteiger partial charge is 0.456 e. The summed E-state index contributed by atoms with van der Waals surface area (Å²) in [4.78, 5) is 2.38. The number of nitrogens with zero attached hydrogens (tertiary/aromatic N) is 2. The van der Waals surface area contributed by atoms with E-state index >= 15 is 0 Å². The molecule has 0 saturated carbocycles. The molecule has 0 amide bonds. The zero-order chi connectivity index (χ0) is 32.3. The molecule has 0 aliphatic rings. The predicted molar refractivity (Wildman–Crippen MR) is 206 cm³/mol. The molecule has 0 bridgehead atoms. The number of hydrogen-bond acceptors (Lipinski definition) is 2. The first-order chi connectivity index (χ1) is 24.3. The van der Waals surface area contributed by atoms with E-state index in [0.29, 0.717) is 0 Å². The van der Waals surface area contributed by atoms with Crippen LogP contribution in [-0.4, -0.2) is 4.57 Å². The van der Waals surface area contributed by atoms with Gasteiger partial charge in [0.05, 0.1) is 16.7 Å². The molecule has 0 atom stereocenters. The van der Waals surface area contributed by atoms with E-state index in [0.717, 1.165) is 55.8 Å². The van der Waals surface area contributed by atoms with Crippen LogP contribution in [0, 0.1) is 0 Å². The molecule has 8 aromatic carbocycles. The first-order valence-corrected chi connectivity index (χ1v) is 16.7. The molecule has 0 spiro atoms.